The average molecular weight is 274 g/mol. The van der Waals surface area contributed by atoms with E-state index in [-0.39, 0.29) is 0 Å². The van der Waals surface area contributed by atoms with Gasteiger partial charge in [0.25, 0.3) is 0 Å². The molecule has 0 spiro atoms. The molecule has 4 nitrogen and oxygen atoms in total. The lowest BCUT2D eigenvalue weighted by Gasteiger charge is -2.37. The molecule has 1 aliphatic heterocycles. The molecule has 20 heavy (non-hydrogen) atoms. The van der Waals surface area contributed by atoms with Crippen molar-refractivity contribution in [3.8, 4) is 0 Å². The second kappa shape index (κ2) is 6.10. The van der Waals surface area contributed by atoms with Crippen molar-refractivity contribution in [2.24, 2.45) is 0 Å². The van der Waals surface area contributed by atoms with Crippen molar-refractivity contribution < 1.29 is 0 Å². The van der Waals surface area contributed by atoms with Crippen LogP contribution in [0.4, 0.5) is 5.69 Å². The molecule has 2 heterocycles. The topological polar surface area (TPSA) is 31.4 Å². The SMILES string of the molecule is CC(C)NCc1ccncc1N1CCN(C2CC2)CC1. The lowest BCUT2D eigenvalue weighted by molar-refractivity contribution is 0.248. The molecule has 1 aromatic rings. The van der Waals surface area contributed by atoms with Gasteiger partial charge in [-0.05, 0) is 24.5 Å². The number of nitrogens with zero attached hydrogens (tertiary/aromatic N) is 3. The quantitative estimate of drug-likeness (QED) is 0.888. The van der Waals surface area contributed by atoms with Crippen LogP contribution < -0.4 is 10.2 Å². The van der Waals surface area contributed by atoms with Gasteiger partial charge in [0.05, 0.1) is 11.9 Å². The molecule has 4 heteroatoms. The molecule has 1 aromatic heterocycles. The summed E-state index contributed by atoms with van der Waals surface area (Å²) < 4.78 is 0. The van der Waals surface area contributed by atoms with Crippen LogP contribution in [0, 0.1) is 0 Å². The molecule has 1 N–H and O–H groups in total. The molecule has 1 saturated carbocycles. The van der Waals surface area contributed by atoms with Gasteiger partial charge in [-0.15, -0.1) is 0 Å². The number of nitrogens with one attached hydrogen (secondary N) is 1. The molecule has 0 bridgehead atoms. The van der Waals surface area contributed by atoms with Gasteiger partial charge < -0.3 is 10.2 Å². The number of anilines is 1. The average Bonchev–Trinajstić information content (AvgIpc) is 3.30. The molecular formula is C16H26N4. The lowest BCUT2D eigenvalue weighted by Crippen LogP contribution is -2.47. The zero-order valence-electron chi connectivity index (χ0n) is 12.7. The van der Waals surface area contributed by atoms with Crippen molar-refractivity contribution in [1.29, 1.82) is 0 Å². The summed E-state index contributed by atoms with van der Waals surface area (Å²) in [4.78, 5) is 9.49. The van der Waals surface area contributed by atoms with Crippen LogP contribution in [0.25, 0.3) is 0 Å². The van der Waals surface area contributed by atoms with Crippen molar-refractivity contribution in [1.82, 2.24) is 15.2 Å². The summed E-state index contributed by atoms with van der Waals surface area (Å²) in [5.74, 6) is 0. The Morgan fingerprint density at radius 2 is 2.00 bits per heavy atom. The summed E-state index contributed by atoms with van der Waals surface area (Å²) in [7, 11) is 0. The third kappa shape index (κ3) is 3.30. The molecule has 0 amide bonds. The first kappa shape index (κ1) is 13.8. The molecule has 0 aromatic carbocycles. The van der Waals surface area contributed by atoms with Gasteiger partial charge in [-0.1, -0.05) is 13.8 Å². The Kier molecular flexibility index (Phi) is 4.22. The molecule has 3 rings (SSSR count). The fraction of sp³-hybridized carbons (Fsp3) is 0.688. The van der Waals surface area contributed by atoms with Crippen LogP contribution in [0.2, 0.25) is 0 Å². The van der Waals surface area contributed by atoms with Crippen LogP contribution >= 0.6 is 0 Å². The van der Waals surface area contributed by atoms with Gasteiger partial charge in [0.1, 0.15) is 0 Å². The number of hydrogen-bond donors (Lipinski definition) is 1. The van der Waals surface area contributed by atoms with Gasteiger partial charge >= 0.3 is 0 Å². The van der Waals surface area contributed by atoms with E-state index in [0.717, 1.165) is 25.7 Å². The maximum atomic E-state index is 4.33. The second-order valence-corrected chi connectivity index (χ2v) is 6.29. The highest BCUT2D eigenvalue weighted by atomic mass is 15.3. The zero-order chi connectivity index (χ0) is 13.9. The van der Waals surface area contributed by atoms with Gasteiger partial charge in [-0.25, -0.2) is 0 Å². The molecule has 1 aliphatic carbocycles. The van der Waals surface area contributed by atoms with E-state index in [4.69, 9.17) is 0 Å². The summed E-state index contributed by atoms with van der Waals surface area (Å²) in [5, 5.41) is 3.51. The fourth-order valence-corrected chi connectivity index (χ4v) is 2.93. The van der Waals surface area contributed by atoms with E-state index in [0.29, 0.717) is 6.04 Å². The highest BCUT2D eigenvalue weighted by Crippen LogP contribution is 2.29. The number of piperazine rings is 1. The van der Waals surface area contributed by atoms with Crippen molar-refractivity contribution >= 4 is 5.69 Å². The monoisotopic (exact) mass is 274 g/mol. The van der Waals surface area contributed by atoms with Crippen molar-refractivity contribution in [2.45, 2.75) is 45.3 Å². The summed E-state index contributed by atoms with van der Waals surface area (Å²) in [6.45, 7) is 9.99. The van der Waals surface area contributed by atoms with Crippen LogP contribution in [0.15, 0.2) is 18.5 Å². The first-order valence-electron chi connectivity index (χ1n) is 7.89. The van der Waals surface area contributed by atoms with Crippen LogP contribution in [-0.4, -0.2) is 48.1 Å². The lowest BCUT2D eigenvalue weighted by atomic mass is 10.1. The Morgan fingerprint density at radius 1 is 1.25 bits per heavy atom. The predicted octanol–water partition coefficient (Wildman–Crippen LogP) is 1.86. The standard InChI is InChI=1S/C16H26N4/c1-13(2)18-11-14-5-6-17-12-16(14)20-9-7-19(8-10-20)15-3-4-15/h5-6,12-13,15,18H,3-4,7-11H2,1-2H3. The third-order valence-corrected chi connectivity index (χ3v) is 4.31. The predicted molar refractivity (Wildman–Crippen MR) is 83.0 cm³/mol. The Bertz CT molecular complexity index is 434. The highest BCUT2D eigenvalue weighted by Gasteiger charge is 2.31. The van der Waals surface area contributed by atoms with E-state index >= 15 is 0 Å². The molecule has 0 atom stereocenters. The number of aromatic nitrogens is 1. The highest BCUT2D eigenvalue weighted by molar-refractivity contribution is 5.52. The Balaban J connectivity index is 1.64. The smallest absolute Gasteiger partial charge is 0.0599 e. The summed E-state index contributed by atoms with van der Waals surface area (Å²) in [5.41, 5.74) is 2.68. The minimum atomic E-state index is 0.516. The Morgan fingerprint density at radius 3 is 2.65 bits per heavy atom. The molecular weight excluding hydrogens is 248 g/mol. The van der Waals surface area contributed by atoms with E-state index < -0.39 is 0 Å². The van der Waals surface area contributed by atoms with Crippen molar-refractivity contribution in [2.75, 3.05) is 31.1 Å². The molecule has 2 aliphatic rings. The summed E-state index contributed by atoms with van der Waals surface area (Å²) >= 11 is 0. The minimum Gasteiger partial charge on any atom is -0.367 e. The summed E-state index contributed by atoms with van der Waals surface area (Å²) in [6, 6.07) is 3.56. The molecule has 0 radical (unpaired) electrons. The fourth-order valence-electron chi connectivity index (χ4n) is 2.93. The van der Waals surface area contributed by atoms with E-state index in [9.17, 15) is 0 Å². The Labute approximate surface area is 122 Å². The molecule has 1 saturated heterocycles. The first-order valence-corrected chi connectivity index (χ1v) is 7.89. The summed E-state index contributed by atoms with van der Waals surface area (Å²) in [6.07, 6.45) is 6.76. The van der Waals surface area contributed by atoms with Gasteiger partial charge in [0.15, 0.2) is 0 Å². The van der Waals surface area contributed by atoms with Gasteiger partial charge in [-0.3, -0.25) is 9.88 Å². The first-order chi connectivity index (χ1) is 9.74. The van der Waals surface area contributed by atoms with Crippen molar-refractivity contribution in [3.05, 3.63) is 24.0 Å². The van der Waals surface area contributed by atoms with Crippen LogP contribution in [0.5, 0.6) is 0 Å². The molecule has 0 unspecified atom stereocenters. The van der Waals surface area contributed by atoms with E-state index in [1.165, 1.54) is 37.2 Å². The van der Waals surface area contributed by atoms with Crippen LogP contribution in [-0.2, 0) is 6.54 Å². The van der Waals surface area contributed by atoms with Gasteiger partial charge in [-0.2, -0.15) is 0 Å². The number of hydrogen-bond acceptors (Lipinski definition) is 4. The van der Waals surface area contributed by atoms with Gasteiger partial charge in [0.2, 0.25) is 0 Å². The largest absolute Gasteiger partial charge is 0.367 e. The van der Waals surface area contributed by atoms with Crippen LogP contribution in [0.1, 0.15) is 32.3 Å². The van der Waals surface area contributed by atoms with E-state index in [1.807, 2.05) is 12.4 Å². The molecule has 2 fully saturated rings. The maximum Gasteiger partial charge on any atom is 0.0599 e. The Hall–Kier alpha value is -1.13. The second-order valence-electron chi connectivity index (χ2n) is 6.29. The normalized spacial score (nSPS) is 20.6. The zero-order valence-corrected chi connectivity index (χ0v) is 12.7. The number of pyridine rings is 1. The van der Waals surface area contributed by atoms with Crippen molar-refractivity contribution in [3.63, 3.8) is 0 Å². The number of rotatable bonds is 5. The maximum absolute atomic E-state index is 4.33. The molecule has 110 valence electrons. The van der Waals surface area contributed by atoms with Gasteiger partial charge in [0, 0.05) is 51.0 Å². The van der Waals surface area contributed by atoms with Crippen LogP contribution in [0.3, 0.4) is 0 Å². The van der Waals surface area contributed by atoms with E-state index in [2.05, 4.69) is 40.0 Å². The van der Waals surface area contributed by atoms with E-state index in [1.54, 1.807) is 0 Å². The third-order valence-electron chi connectivity index (χ3n) is 4.31. The minimum absolute atomic E-state index is 0.516.